The highest BCUT2D eigenvalue weighted by Gasteiger charge is 2.30. The molecule has 1 atom stereocenters. The number of hydrogen-bond donors (Lipinski definition) is 3. The van der Waals surface area contributed by atoms with Crippen LogP contribution in [0.25, 0.3) is 0 Å². The number of rotatable bonds is 3. The van der Waals surface area contributed by atoms with Crippen LogP contribution < -0.4 is 16.4 Å². The van der Waals surface area contributed by atoms with Crippen molar-refractivity contribution in [3.63, 3.8) is 0 Å². The Labute approximate surface area is 114 Å². The van der Waals surface area contributed by atoms with Crippen LogP contribution in [-0.2, 0) is 0 Å². The maximum absolute atomic E-state index is 12.0. The Kier molecular flexibility index (Phi) is 4.10. The molecule has 4 nitrogen and oxygen atoms in total. The normalized spacial score (nSPS) is 18.9. The molecule has 1 aliphatic carbocycles. The number of anilines is 1. The maximum atomic E-state index is 12.0. The van der Waals surface area contributed by atoms with E-state index in [-0.39, 0.29) is 17.6 Å². The zero-order valence-electron chi connectivity index (χ0n) is 11.7. The number of carbonyl (C=O) groups is 1. The summed E-state index contributed by atoms with van der Waals surface area (Å²) in [6.45, 7) is 4.04. The van der Waals surface area contributed by atoms with Crippen molar-refractivity contribution in [1.29, 1.82) is 0 Å². The molecule has 104 valence electrons. The fourth-order valence-corrected chi connectivity index (χ4v) is 2.62. The molecule has 1 fully saturated rings. The van der Waals surface area contributed by atoms with Gasteiger partial charge in [0, 0.05) is 17.3 Å². The number of nitrogens with one attached hydrogen (secondary N) is 2. The lowest BCUT2D eigenvalue weighted by molar-refractivity contribution is 0.239. The van der Waals surface area contributed by atoms with Gasteiger partial charge in [-0.3, -0.25) is 0 Å². The molecule has 1 aromatic carbocycles. The highest BCUT2D eigenvalue weighted by molar-refractivity contribution is 5.89. The molecule has 0 bridgehead atoms. The van der Waals surface area contributed by atoms with E-state index < -0.39 is 0 Å². The van der Waals surface area contributed by atoms with Crippen LogP contribution >= 0.6 is 0 Å². The number of amides is 2. The second kappa shape index (κ2) is 5.61. The fraction of sp³-hybridized carbons (Fsp3) is 0.533. The van der Waals surface area contributed by atoms with E-state index in [9.17, 15) is 4.79 Å². The second-order valence-corrected chi connectivity index (χ2v) is 5.76. The first-order valence-corrected chi connectivity index (χ1v) is 6.93. The smallest absolute Gasteiger partial charge is 0.319 e. The van der Waals surface area contributed by atoms with E-state index in [4.69, 9.17) is 5.73 Å². The molecule has 0 heterocycles. The molecule has 1 aromatic rings. The van der Waals surface area contributed by atoms with Crippen molar-refractivity contribution < 1.29 is 4.79 Å². The van der Waals surface area contributed by atoms with Gasteiger partial charge >= 0.3 is 6.03 Å². The van der Waals surface area contributed by atoms with Crippen LogP contribution in [0.3, 0.4) is 0 Å². The van der Waals surface area contributed by atoms with E-state index >= 15 is 0 Å². The van der Waals surface area contributed by atoms with Crippen LogP contribution in [0.2, 0.25) is 0 Å². The van der Waals surface area contributed by atoms with E-state index in [1.165, 1.54) is 12.8 Å². The number of hydrogen-bond acceptors (Lipinski definition) is 2. The van der Waals surface area contributed by atoms with E-state index in [0.29, 0.717) is 0 Å². The monoisotopic (exact) mass is 261 g/mol. The summed E-state index contributed by atoms with van der Waals surface area (Å²) in [4.78, 5) is 12.0. The summed E-state index contributed by atoms with van der Waals surface area (Å²) in [6.07, 6.45) is 4.49. The van der Waals surface area contributed by atoms with Gasteiger partial charge in [0.1, 0.15) is 0 Å². The van der Waals surface area contributed by atoms with Crippen LogP contribution in [0.4, 0.5) is 10.5 Å². The number of nitrogens with two attached hydrogens (primary N) is 1. The Morgan fingerprint density at radius 1 is 1.37 bits per heavy atom. The highest BCUT2D eigenvalue weighted by atomic mass is 16.2. The van der Waals surface area contributed by atoms with Crippen LogP contribution in [0.1, 0.15) is 51.1 Å². The third-order valence-corrected chi connectivity index (χ3v) is 3.79. The molecule has 1 unspecified atom stereocenters. The Hall–Kier alpha value is -1.55. The van der Waals surface area contributed by atoms with Crippen molar-refractivity contribution >= 4 is 11.7 Å². The maximum Gasteiger partial charge on any atom is 0.319 e. The van der Waals surface area contributed by atoms with Gasteiger partial charge in [0.05, 0.1) is 0 Å². The SMILES string of the molecule is CC(N)c1cccc(NC(=O)NC2(C)CCCC2)c1. The molecule has 0 radical (unpaired) electrons. The predicted octanol–water partition coefficient (Wildman–Crippen LogP) is 3.16. The zero-order valence-corrected chi connectivity index (χ0v) is 11.7. The molecule has 2 rings (SSSR count). The minimum Gasteiger partial charge on any atom is -0.333 e. The summed E-state index contributed by atoms with van der Waals surface area (Å²) in [5.74, 6) is 0. The molecule has 4 N–H and O–H groups in total. The standard InChI is InChI=1S/C15H23N3O/c1-11(16)12-6-5-7-13(10-12)17-14(19)18-15(2)8-3-4-9-15/h5-7,10-11H,3-4,8-9,16H2,1-2H3,(H2,17,18,19). The van der Waals surface area contributed by atoms with Gasteiger partial charge in [-0.25, -0.2) is 4.79 Å². The molecule has 0 saturated heterocycles. The Balaban J connectivity index is 1.97. The number of carbonyl (C=O) groups excluding carboxylic acids is 1. The third kappa shape index (κ3) is 3.70. The van der Waals surface area contributed by atoms with Crippen LogP contribution in [0.15, 0.2) is 24.3 Å². The number of benzene rings is 1. The van der Waals surface area contributed by atoms with Gasteiger partial charge in [-0.05, 0) is 44.4 Å². The predicted molar refractivity (Wildman–Crippen MR) is 78.1 cm³/mol. The van der Waals surface area contributed by atoms with Gasteiger partial charge in [-0.1, -0.05) is 25.0 Å². The van der Waals surface area contributed by atoms with Gasteiger partial charge in [-0.2, -0.15) is 0 Å². The van der Waals surface area contributed by atoms with Crippen molar-refractivity contribution in [2.75, 3.05) is 5.32 Å². The first-order chi connectivity index (χ1) is 8.98. The average Bonchev–Trinajstić information content (AvgIpc) is 2.75. The number of urea groups is 1. The molecule has 1 saturated carbocycles. The van der Waals surface area contributed by atoms with Gasteiger partial charge in [-0.15, -0.1) is 0 Å². The van der Waals surface area contributed by atoms with E-state index in [1.807, 2.05) is 31.2 Å². The first kappa shape index (κ1) is 13.9. The summed E-state index contributed by atoms with van der Waals surface area (Å²) >= 11 is 0. The van der Waals surface area contributed by atoms with Crippen LogP contribution in [-0.4, -0.2) is 11.6 Å². The minimum atomic E-state index is -0.133. The minimum absolute atomic E-state index is 0.0304. The summed E-state index contributed by atoms with van der Waals surface area (Å²) < 4.78 is 0. The highest BCUT2D eigenvalue weighted by Crippen LogP contribution is 2.28. The Morgan fingerprint density at radius 3 is 2.68 bits per heavy atom. The van der Waals surface area contributed by atoms with Gasteiger partial charge in [0.25, 0.3) is 0 Å². The molecular weight excluding hydrogens is 238 g/mol. The molecule has 1 aliphatic rings. The summed E-state index contributed by atoms with van der Waals surface area (Å²) in [7, 11) is 0. The third-order valence-electron chi connectivity index (χ3n) is 3.79. The van der Waals surface area contributed by atoms with E-state index in [2.05, 4.69) is 17.6 Å². The molecule has 2 amide bonds. The fourth-order valence-electron chi connectivity index (χ4n) is 2.62. The van der Waals surface area contributed by atoms with Gasteiger partial charge < -0.3 is 16.4 Å². The lowest BCUT2D eigenvalue weighted by atomic mass is 10.0. The van der Waals surface area contributed by atoms with Gasteiger partial charge in [0.2, 0.25) is 0 Å². The molecule has 4 heteroatoms. The second-order valence-electron chi connectivity index (χ2n) is 5.76. The Morgan fingerprint density at radius 2 is 2.05 bits per heavy atom. The van der Waals surface area contributed by atoms with Crippen LogP contribution in [0, 0.1) is 0 Å². The van der Waals surface area contributed by atoms with Crippen molar-refractivity contribution in [3.05, 3.63) is 29.8 Å². The first-order valence-electron chi connectivity index (χ1n) is 6.93. The summed E-state index contributed by atoms with van der Waals surface area (Å²) in [6, 6.07) is 7.50. The molecule has 0 aromatic heterocycles. The molecular formula is C15H23N3O. The molecule has 19 heavy (non-hydrogen) atoms. The quantitative estimate of drug-likeness (QED) is 0.782. The lowest BCUT2D eigenvalue weighted by Gasteiger charge is -2.25. The van der Waals surface area contributed by atoms with E-state index in [0.717, 1.165) is 24.1 Å². The van der Waals surface area contributed by atoms with Crippen molar-refractivity contribution in [2.45, 2.75) is 51.1 Å². The van der Waals surface area contributed by atoms with E-state index in [1.54, 1.807) is 0 Å². The lowest BCUT2D eigenvalue weighted by Crippen LogP contribution is -2.45. The van der Waals surface area contributed by atoms with Gasteiger partial charge in [0.15, 0.2) is 0 Å². The largest absolute Gasteiger partial charge is 0.333 e. The van der Waals surface area contributed by atoms with Crippen LogP contribution in [0.5, 0.6) is 0 Å². The summed E-state index contributed by atoms with van der Waals surface area (Å²) in [5.41, 5.74) is 7.59. The topological polar surface area (TPSA) is 67.1 Å². The molecule has 0 aliphatic heterocycles. The molecule has 0 spiro atoms. The average molecular weight is 261 g/mol. The summed E-state index contributed by atoms with van der Waals surface area (Å²) in [5, 5.41) is 5.95. The Bertz CT molecular complexity index is 450. The van der Waals surface area contributed by atoms with Crippen molar-refractivity contribution in [3.8, 4) is 0 Å². The zero-order chi connectivity index (χ0) is 13.9. The van der Waals surface area contributed by atoms with Crippen molar-refractivity contribution in [1.82, 2.24) is 5.32 Å². The van der Waals surface area contributed by atoms with Crippen molar-refractivity contribution in [2.24, 2.45) is 5.73 Å².